The van der Waals surface area contributed by atoms with Gasteiger partial charge >= 0.3 is 0 Å². The van der Waals surface area contributed by atoms with Crippen LogP contribution in [-0.4, -0.2) is 27.6 Å². The number of hydrogen-bond acceptors (Lipinski definition) is 2. The van der Waals surface area contributed by atoms with E-state index in [9.17, 15) is 4.79 Å². The first-order valence-electron chi connectivity index (χ1n) is 7.88. The molecule has 0 radical (unpaired) electrons. The minimum Gasteiger partial charge on any atom is -0.334 e. The maximum Gasteiger partial charge on any atom is 0.274 e. The number of nitrogens with zero attached hydrogens (tertiary/aromatic N) is 3. The molecule has 0 spiro atoms. The van der Waals surface area contributed by atoms with Crippen LogP contribution in [0.1, 0.15) is 52.3 Å². The topological polar surface area (TPSA) is 38.1 Å². The third-order valence-corrected chi connectivity index (χ3v) is 4.66. The first-order chi connectivity index (χ1) is 10.5. The number of carbonyl (C=O) groups is 1. The minimum atomic E-state index is -0.00521. The molecule has 0 bridgehead atoms. The molecule has 4 heteroatoms. The van der Waals surface area contributed by atoms with Gasteiger partial charge in [-0.1, -0.05) is 23.8 Å². The van der Waals surface area contributed by atoms with Crippen molar-refractivity contribution in [3.05, 3.63) is 52.3 Å². The van der Waals surface area contributed by atoms with E-state index in [-0.39, 0.29) is 11.9 Å². The van der Waals surface area contributed by atoms with Crippen molar-refractivity contribution in [1.82, 2.24) is 14.7 Å². The average molecular weight is 297 g/mol. The van der Waals surface area contributed by atoms with Gasteiger partial charge in [0.25, 0.3) is 5.91 Å². The molecule has 1 aliphatic rings. The lowest BCUT2D eigenvalue weighted by molar-refractivity contribution is 0.0735. The highest BCUT2D eigenvalue weighted by Crippen LogP contribution is 2.25. The van der Waals surface area contributed by atoms with E-state index in [1.165, 1.54) is 22.4 Å². The molecular weight excluding hydrogens is 274 g/mol. The van der Waals surface area contributed by atoms with E-state index in [1.807, 2.05) is 17.8 Å². The van der Waals surface area contributed by atoms with E-state index in [0.29, 0.717) is 5.69 Å². The van der Waals surface area contributed by atoms with Gasteiger partial charge in [0.05, 0.1) is 6.04 Å². The monoisotopic (exact) mass is 297 g/mol. The molecule has 1 amide bonds. The second-order valence-corrected chi connectivity index (χ2v) is 6.30. The van der Waals surface area contributed by atoms with Crippen molar-refractivity contribution in [2.45, 2.75) is 46.2 Å². The number of carbonyl (C=O) groups excluding carboxylic acids is 1. The number of benzene rings is 1. The molecule has 2 aromatic rings. The van der Waals surface area contributed by atoms with Gasteiger partial charge in [-0.05, 0) is 50.8 Å². The Kier molecular flexibility index (Phi) is 3.77. The minimum absolute atomic E-state index is 0.00521. The van der Waals surface area contributed by atoms with Crippen LogP contribution in [0.3, 0.4) is 0 Å². The van der Waals surface area contributed by atoms with Crippen molar-refractivity contribution in [3.8, 4) is 0 Å². The van der Waals surface area contributed by atoms with Gasteiger partial charge in [-0.2, -0.15) is 5.10 Å². The summed E-state index contributed by atoms with van der Waals surface area (Å²) < 4.78 is 1.96. The van der Waals surface area contributed by atoms with Gasteiger partial charge in [-0.25, -0.2) is 0 Å². The molecule has 1 atom stereocenters. The fourth-order valence-electron chi connectivity index (χ4n) is 3.22. The number of amides is 1. The Morgan fingerprint density at radius 2 is 2.09 bits per heavy atom. The third kappa shape index (κ3) is 2.54. The molecule has 0 aliphatic carbocycles. The molecule has 4 nitrogen and oxygen atoms in total. The number of hydrogen-bond donors (Lipinski definition) is 0. The van der Waals surface area contributed by atoms with Crippen molar-refractivity contribution >= 4 is 5.91 Å². The van der Waals surface area contributed by atoms with Crippen molar-refractivity contribution < 1.29 is 4.79 Å². The summed E-state index contributed by atoms with van der Waals surface area (Å²) in [6, 6.07) is 8.36. The SMILES string of the molecule is Cc1ccc(C(C)N(C)C(=O)c2cc3n(n2)CCC3)c(C)c1. The van der Waals surface area contributed by atoms with Crippen LogP contribution in [0.2, 0.25) is 0 Å². The average Bonchev–Trinajstić information content (AvgIpc) is 3.06. The second kappa shape index (κ2) is 5.59. The maximum absolute atomic E-state index is 12.7. The summed E-state index contributed by atoms with van der Waals surface area (Å²) in [5, 5.41) is 4.45. The molecule has 1 aromatic heterocycles. The van der Waals surface area contributed by atoms with Gasteiger partial charge in [-0.3, -0.25) is 9.48 Å². The standard InChI is InChI=1S/C18H23N3O/c1-12-7-8-16(13(2)10-12)14(3)20(4)18(22)17-11-15-6-5-9-21(15)19-17/h7-8,10-11,14H,5-6,9H2,1-4H3. The largest absolute Gasteiger partial charge is 0.334 e. The molecule has 0 fully saturated rings. The number of aryl methyl sites for hydroxylation is 4. The van der Waals surface area contributed by atoms with Gasteiger partial charge in [0.2, 0.25) is 0 Å². The van der Waals surface area contributed by atoms with Crippen LogP contribution in [0, 0.1) is 13.8 Å². The summed E-state index contributed by atoms with van der Waals surface area (Å²) in [5.41, 5.74) is 5.39. The smallest absolute Gasteiger partial charge is 0.274 e. The van der Waals surface area contributed by atoms with Crippen LogP contribution in [0.15, 0.2) is 24.3 Å². The van der Waals surface area contributed by atoms with E-state index in [1.54, 1.807) is 4.90 Å². The summed E-state index contributed by atoms with van der Waals surface area (Å²) in [6.45, 7) is 7.18. The van der Waals surface area contributed by atoms with Crippen LogP contribution in [0.25, 0.3) is 0 Å². The molecule has 116 valence electrons. The van der Waals surface area contributed by atoms with Gasteiger partial charge in [0.1, 0.15) is 0 Å². The highest BCUT2D eigenvalue weighted by atomic mass is 16.2. The zero-order chi connectivity index (χ0) is 15.9. The Bertz CT molecular complexity index is 696. The third-order valence-electron chi connectivity index (χ3n) is 4.66. The van der Waals surface area contributed by atoms with Crippen LogP contribution >= 0.6 is 0 Å². The highest BCUT2D eigenvalue weighted by Gasteiger charge is 2.24. The van der Waals surface area contributed by atoms with E-state index in [4.69, 9.17) is 0 Å². The molecule has 0 saturated heterocycles. The molecule has 1 aliphatic heterocycles. The molecule has 22 heavy (non-hydrogen) atoms. The summed E-state index contributed by atoms with van der Waals surface area (Å²) in [5.74, 6) is -0.00521. The first kappa shape index (κ1) is 14.8. The number of rotatable bonds is 3. The Morgan fingerprint density at radius 3 is 2.77 bits per heavy atom. The van der Waals surface area contributed by atoms with Gasteiger partial charge in [0.15, 0.2) is 5.69 Å². The van der Waals surface area contributed by atoms with Crippen LogP contribution < -0.4 is 0 Å². The Hall–Kier alpha value is -2.10. The van der Waals surface area contributed by atoms with Crippen LogP contribution in [0.4, 0.5) is 0 Å². The molecular formula is C18H23N3O. The number of fused-ring (bicyclic) bond motifs is 1. The molecule has 3 rings (SSSR count). The zero-order valence-corrected chi connectivity index (χ0v) is 13.8. The Labute approximate surface area is 131 Å². The molecule has 0 N–H and O–H groups in total. The lowest BCUT2D eigenvalue weighted by Gasteiger charge is -2.26. The van der Waals surface area contributed by atoms with E-state index in [2.05, 4.69) is 44.1 Å². The van der Waals surface area contributed by atoms with Crippen molar-refractivity contribution in [2.24, 2.45) is 0 Å². The van der Waals surface area contributed by atoms with Crippen molar-refractivity contribution in [3.63, 3.8) is 0 Å². The summed E-state index contributed by atoms with van der Waals surface area (Å²) >= 11 is 0. The first-order valence-corrected chi connectivity index (χ1v) is 7.88. The van der Waals surface area contributed by atoms with Crippen molar-refractivity contribution in [1.29, 1.82) is 0 Å². The second-order valence-electron chi connectivity index (χ2n) is 6.30. The summed E-state index contributed by atoms with van der Waals surface area (Å²) in [4.78, 5) is 14.5. The fourth-order valence-corrected chi connectivity index (χ4v) is 3.22. The summed E-state index contributed by atoms with van der Waals surface area (Å²) in [7, 11) is 1.86. The highest BCUT2D eigenvalue weighted by molar-refractivity contribution is 5.92. The summed E-state index contributed by atoms with van der Waals surface area (Å²) in [6.07, 6.45) is 2.15. The lowest BCUT2D eigenvalue weighted by atomic mass is 9.99. The van der Waals surface area contributed by atoms with Gasteiger partial charge in [0, 0.05) is 19.3 Å². The van der Waals surface area contributed by atoms with Gasteiger partial charge in [-0.15, -0.1) is 0 Å². The Morgan fingerprint density at radius 1 is 1.32 bits per heavy atom. The molecule has 1 aromatic carbocycles. The van der Waals surface area contributed by atoms with Crippen molar-refractivity contribution in [2.75, 3.05) is 7.05 Å². The quantitative estimate of drug-likeness (QED) is 0.872. The predicted molar refractivity (Wildman–Crippen MR) is 87.0 cm³/mol. The maximum atomic E-state index is 12.7. The van der Waals surface area contributed by atoms with E-state index >= 15 is 0 Å². The molecule has 2 heterocycles. The van der Waals surface area contributed by atoms with E-state index < -0.39 is 0 Å². The van der Waals surface area contributed by atoms with E-state index in [0.717, 1.165) is 19.4 Å². The Balaban J connectivity index is 1.82. The number of aromatic nitrogens is 2. The predicted octanol–water partition coefficient (Wildman–Crippen LogP) is 3.28. The van der Waals surface area contributed by atoms with Gasteiger partial charge < -0.3 is 4.90 Å². The molecule has 0 saturated carbocycles. The molecule has 1 unspecified atom stereocenters. The lowest BCUT2D eigenvalue weighted by Crippen LogP contribution is -2.30. The zero-order valence-electron chi connectivity index (χ0n) is 13.8. The van der Waals surface area contributed by atoms with Crippen LogP contribution in [0.5, 0.6) is 0 Å². The van der Waals surface area contributed by atoms with Crippen LogP contribution in [-0.2, 0) is 13.0 Å². The fraction of sp³-hybridized carbons (Fsp3) is 0.444. The normalized spacial score (nSPS) is 14.7.